The third kappa shape index (κ3) is 12.7. The van der Waals surface area contributed by atoms with Crippen molar-refractivity contribution in [2.75, 3.05) is 5.75 Å². The first-order valence-electron chi connectivity index (χ1n) is 13.7. The molecule has 5 heteroatoms. The molecule has 2 rings (SSSR count). The van der Waals surface area contributed by atoms with Crippen LogP contribution in [0.5, 0.6) is 0 Å². The van der Waals surface area contributed by atoms with Gasteiger partial charge >= 0.3 is 0 Å². The van der Waals surface area contributed by atoms with Crippen LogP contribution in [0.2, 0.25) is 0 Å². The summed E-state index contributed by atoms with van der Waals surface area (Å²) in [6.07, 6.45) is 15.0. The zero-order valence-electron chi connectivity index (χ0n) is 21.6. The summed E-state index contributed by atoms with van der Waals surface area (Å²) in [5.74, 6) is -0.0180. The van der Waals surface area contributed by atoms with E-state index in [0.29, 0.717) is 17.5 Å². The van der Waals surface area contributed by atoms with Crippen molar-refractivity contribution in [2.24, 2.45) is 0 Å². The van der Waals surface area contributed by atoms with Crippen LogP contribution in [-0.2, 0) is 14.3 Å². The molecular formula is C30H46O4S. The van der Waals surface area contributed by atoms with Gasteiger partial charge in [0.1, 0.15) is 12.2 Å². The number of rotatable bonds is 20. The lowest BCUT2D eigenvalue weighted by Gasteiger charge is -2.23. The molecule has 35 heavy (non-hydrogen) atoms. The highest BCUT2D eigenvalue weighted by Crippen LogP contribution is 2.33. The summed E-state index contributed by atoms with van der Waals surface area (Å²) in [4.78, 5) is 0. The van der Waals surface area contributed by atoms with Crippen molar-refractivity contribution in [3.63, 3.8) is 0 Å². The van der Waals surface area contributed by atoms with E-state index in [2.05, 4.69) is 6.92 Å². The summed E-state index contributed by atoms with van der Waals surface area (Å²) in [6.45, 7) is 2.26. The van der Waals surface area contributed by atoms with Gasteiger partial charge in [0.25, 0.3) is 10.1 Å². The van der Waals surface area contributed by atoms with Crippen LogP contribution in [0.3, 0.4) is 0 Å². The number of unbranched alkanes of at least 4 members (excludes halogenated alkanes) is 13. The smallest absolute Gasteiger partial charge is 0.268 e. The molecule has 0 radical (unpaired) electrons. The van der Waals surface area contributed by atoms with Crippen molar-refractivity contribution < 1.29 is 17.7 Å². The lowest BCUT2D eigenvalue weighted by molar-refractivity contribution is 0.0385. The largest absolute Gasteiger partial charge is 0.385 e. The van der Waals surface area contributed by atoms with Crippen LogP contribution in [0, 0.1) is 0 Å². The second kappa shape index (κ2) is 17.7. The Morgan fingerprint density at radius 3 is 1.49 bits per heavy atom. The molecule has 1 N–H and O–H groups in total. The SMILES string of the molecule is CCCCCCCCCCCCCCCCS(=O)(=O)OC(c1ccccc1)C(O)c1ccccc1. The average Bonchev–Trinajstić information content (AvgIpc) is 2.88. The third-order valence-electron chi connectivity index (χ3n) is 6.55. The second-order valence-electron chi connectivity index (χ2n) is 9.64. The van der Waals surface area contributed by atoms with Crippen molar-refractivity contribution >= 4 is 10.1 Å². The van der Waals surface area contributed by atoms with Crippen LogP contribution in [0.15, 0.2) is 60.7 Å². The van der Waals surface area contributed by atoms with E-state index >= 15 is 0 Å². The van der Waals surface area contributed by atoms with Crippen LogP contribution in [0.25, 0.3) is 0 Å². The van der Waals surface area contributed by atoms with Gasteiger partial charge in [0.2, 0.25) is 0 Å². The fraction of sp³-hybridized carbons (Fsp3) is 0.600. The van der Waals surface area contributed by atoms with E-state index in [9.17, 15) is 13.5 Å². The van der Waals surface area contributed by atoms with E-state index < -0.39 is 22.3 Å². The van der Waals surface area contributed by atoms with E-state index in [4.69, 9.17) is 4.18 Å². The minimum Gasteiger partial charge on any atom is -0.385 e. The van der Waals surface area contributed by atoms with Crippen LogP contribution >= 0.6 is 0 Å². The highest BCUT2D eigenvalue weighted by molar-refractivity contribution is 7.86. The normalized spacial score (nSPS) is 13.5. The van der Waals surface area contributed by atoms with Gasteiger partial charge in [0.05, 0.1) is 5.75 Å². The van der Waals surface area contributed by atoms with Gasteiger partial charge in [-0.3, -0.25) is 4.18 Å². The quantitative estimate of drug-likeness (QED) is 0.146. The van der Waals surface area contributed by atoms with Gasteiger partial charge in [-0.1, -0.05) is 151 Å². The number of aliphatic hydroxyl groups is 1. The van der Waals surface area contributed by atoms with Gasteiger partial charge in [-0.15, -0.1) is 0 Å². The molecule has 0 aliphatic rings. The number of hydrogen-bond donors (Lipinski definition) is 1. The van der Waals surface area contributed by atoms with Crippen molar-refractivity contribution in [3.8, 4) is 0 Å². The van der Waals surface area contributed by atoms with Crippen LogP contribution < -0.4 is 0 Å². The van der Waals surface area contributed by atoms with Crippen molar-refractivity contribution in [2.45, 2.75) is 109 Å². The Kier molecular flexibility index (Phi) is 14.9. The molecule has 196 valence electrons. The maximum absolute atomic E-state index is 12.7. The van der Waals surface area contributed by atoms with Crippen molar-refractivity contribution in [1.29, 1.82) is 0 Å². The van der Waals surface area contributed by atoms with Crippen LogP contribution in [-0.4, -0.2) is 19.3 Å². The summed E-state index contributed by atoms with van der Waals surface area (Å²) in [5.41, 5.74) is 1.28. The molecule has 0 aliphatic heterocycles. The fourth-order valence-corrected chi connectivity index (χ4v) is 5.62. The molecule has 0 amide bonds. The van der Waals surface area contributed by atoms with Gasteiger partial charge in [-0.2, -0.15) is 8.42 Å². The average molecular weight is 503 g/mol. The highest BCUT2D eigenvalue weighted by Gasteiger charge is 2.28. The summed E-state index contributed by atoms with van der Waals surface area (Å²) in [6, 6.07) is 18.2. The van der Waals surface area contributed by atoms with E-state index in [1.54, 1.807) is 24.3 Å². The molecule has 0 fully saturated rings. The number of aliphatic hydroxyl groups excluding tert-OH is 1. The Morgan fingerprint density at radius 2 is 1.03 bits per heavy atom. The molecule has 0 aliphatic carbocycles. The first-order chi connectivity index (χ1) is 17.0. The van der Waals surface area contributed by atoms with Gasteiger partial charge in [-0.05, 0) is 17.5 Å². The molecule has 0 spiro atoms. The van der Waals surface area contributed by atoms with Crippen LogP contribution in [0.4, 0.5) is 0 Å². The highest BCUT2D eigenvalue weighted by atomic mass is 32.2. The zero-order chi connectivity index (χ0) is 25.2. The fourth-order valence-electron chi connectivity index (χ4n) is 4.44. The molecular weight excluding hydrogens is 456 g/mol. The van der Waals surface area contributed by atoms with Crippen molar-refractivity contribution in [3.05, 3.63) is 71.8 Å². The molecule has 2 aromatic carbocycles. The summed E-state index contributed by atoms with van der Waals surface area (Å²) >= 11 is 0. The van der Waals surface area contributed by atoms with Crippen molar-refractivity contribution in [1.82, 2.24) is 0 Å². The summed E-state index contributed by atoms with van der Waals surface area (Å²) < 4.78 is 31.0. The monoisotopic (exact) mass is 502 g/mol. The summed E-state index contributed by atoms with van der Waals surface area (Å²) in [7, 11) is -3.76. The molecule has 4 nitrogen and oxygen atoms in total. The van der Waals surface area contributed by atoms with Gasteiger partial charge < -0.3 is 5.11 Å². The summed E-state index contributed by atoms with van der Waals surface area (Å²) in [5, 5.41) is 10.9. The van der Waals surface area contributed by atoms with Gasteiger partial charge in [0.15, 0.2) is 0 Å². The second-order valence-corrected chi connectivity index (χ2v) is 11.4. The van der Waals surface area contributed by atoms with E-state index in [-0.39, 0.29) is 5.75 Å². The lowest BCUT2D eigenvalue weighted by atomic mass is 9.98. The van der Waals surface area contributed by atoms with Crippen LogP contribution in [0.1, 0.15) is 120 Å². The number of benzene rings is 2. The zero-order valence-corrected chi connectivity index (χ0v) is 22.4. The Labute approximate surface area is 214 Å². The predicted molar refractivity (Wildman–Crippen MR) is 146 cm³/mol. The maximum Gasteiger partial charge on any atom is 0.268 e. The molecule has 0 saturated heterocycles. The molecule has 0 heterocycles. The molecule has 0 saturated carbocycles. The topological polar surface area (TPSA) is 63.6 Å². The lowest BCUT2D eigenvalue weighted by Crippen LogP contribution is -2.20. The third-order valence-corrected chi connectivity index (χ3v) is 7.84. The molecule has 2 aromatic rings. The first-order valence-corrected chi connectivity index (χ1v) is 15.3. The minimum atomic E-state index is -3.76. The van der Waals surface area contributed by atoms with Gasteiger partial charge in [-0.25, -0.2) is 0 Å². The van der Waals surface area contributed by atoms with E-state index in [0.717, 1.165) is 19.3 Å². The van der Waals surface area contributed by atoms with E-state index in [1.165, 1.54) is 64.2 Å². The number of hydrogen-bond acceptors (Lipinski definition) is 4. The molecule has 2 atom stereocenters. The Bertz CT molecular complexity index is 868. The maximum atomic E-state index is 12.7. The minimum absolute atomic E-state index is 0.0180. The Balaban J connectivity index is 1.66. The Morgan fingerprint density at radius 1 is 0.629 bits per heavy atom. The Hall–Kier alpha value is -1.69. The predicted octanol–water partition coefficient (Wildman–Crippen LogP) is 8.29. The van der Waals surface area contributed by atoms with Gasteiger partial charge in [0, 0.05) is 0 Å². The van der Waals surface area contributed by atoms with E-state index in [1.807, 2.05) is 36.4 Å². The standard InChI is InChI=1S/C30H46O4S/c1-2-3-4-5-6-7-8-9-10-11-12-13-14-21-26-35(32,33)34-30(28-24-19-16-20-25-28)29(31)27-22-17-15-18-23-27/h15-20,22-25,29-31H,2-14,21,26H2,1H3. The molecule has 0 bridgehead atoms. The first kappa shape index (κ1) is 29.5. The molecule has 2 unspecified atom stereocenters. The molecule has 0 aromatic heterocycles.